The second-order valence-electron chi connectivity index (χ2n) is 2.45. The van der Waals surface area contributed by atoms with Crippen molar-refractivity contribution < 1.29 is 4.79 Å². The second-order valence-corrected chi connectivity index (χ2v) is 2.45. The van der Waals surface area contributed by atoms with E-state index in [0.29, 0.717) is 6.41 Å². The quantitative estimate of drug-likeness (QED) is 0.531. The van der Waals surface area contributed by atoms with Crippen LogP contribution in [0.5, 0.6) is 0 Å². The van der Waals surface area contributed by atoms with Gasteiger partial charge >= 0.3 is 0 Å². The van der Waals surface area contributed by atoms with Gasteiger partial charge in [0.15, 0.2) is 0 Å². The van der Waals surface area contributed by atoms with Crippen molar-refractivity contribution in [1.82, 2.24) is 0 Å². The zero-order valence-electron chi connectivity index (χ0n) is 6.79. The van der Waals surface area contributed by atoms with E-state index in [4.69, 9.17) is 0 Å². The van der Waals surface area contributed by atoms with E-state index in [2.05, 4.69) is 11.9 Å². The SMILES string of the molecule is C=CCc1ccc(NC=O)cc1. The van der Waals surface area contributed by atoms with Gasteiger partial charge in [0.25, 0.3) is 0 Å². The Morgan fingerprint density at radius 3 is 2.50 bits per heavy atom. The number of anilines is 1. The van der Waals surface area contributed by atoms with Crippen LogP contribution in [0.1, 0.15) is 5.56 Å². The standard InChI is InChI=1S/C10H11NO/c1-2-3-9-4-6-10(7-5-9)11-8-12/h2,4-8H,1,3H2,(H,11,12). The lowest BCUT2D eigenvalue weighted by molar-refractivity contribution is -0.105. The number of carbonyl (C=O) groups is 1. The first-order valence-electron chi connectivity index (χ1n) is 3.77. The first-order valence-corrected chi connectivity index (χ1v) is 3.77. The van der Waals surface area contributed by atoms with Gasteiger partial charge in [-0.05, 0) is 24.1 Å². The van der Waals surface area contributed by atoms with Gasteiger partial charge in [0.2, 0.25) is 6.41 Å². The monoisotopic (exact) mass is 161 g/mol. The Morgan fingerprint density at radius 2 is 2.00 bits per heavy atom. The first kappa shape index (κ1) is 8.53. The summed E-state index contributed by atoms with van der Waals surface area (Å²) in [5.74, 6) is 0. The number of hydrogen-bond acceptors (Lipinski definition) is 1. The molecule has 1 aromatic rings. The van der Waals surface area contributed by atoms with Crippen LogP contribution in [0, 0.1) is 0 Å². The largest absolute Gasteiger partial charge is 0.329 e. The van der Waals surface area contributed by atoms with Crippen molar-refractivity contribution in [2.75, 3.05) is 5.32 Å². The molecule has 1 N–H and O–H groups in total. The fraction of sp³-hybridized carbons (Fsp3) is 0.100. The van der Waals surface area contributed by atoms with Crippen LogP contribution in [0.2, 0.25) is 0 Å². The van der Waals surface area contributed by atoms with Crippen molar-refractivity contribution in [2.24, 2.45) is 0 Å². The average Bonchev–Trinajstić information content (AvgIpc) is 2.09. The van der Waals surface area contributed by atoms with Crippen LogP contribution in [0.25, 0.3) is 0 Å². The van der Waals surface area contributed by atoms with Crippen LogP contribution in [-0.4, -0.2) is 6.41 Å². The summed E-state index contributed by atoms with van der Waals surface area (Å²) in [5, 5.41) is 2.57. The van der Waals surface area contributed by atoms with Crippen LogP contribution in [-0.2, 0) is 11.2 Å². The highest BCUT2D eigenvalue weighted by molar-refractivity contribution is 5.71. The van der Waals surface area contributed by atoms with Crippen molar-refractivity contribution >= 4 is 12.1 Å². The number of rotatable bonds is 4. The van der Waals surface area contributed by atoms with Gasteiger partial charge in [-0.1, -0.05) is 18.2 Å². The highest BCUT2D eigenvalue weighted by atomic mass is 16.1. The molecule has 1 aromatic carbocycles. The molecule has 0 saturated carbocycles. The van der Waals surface area contributed by atoms with E-state index in [-0.39, 0.29) is 0 Å². The Hall–Kier alpha value is -1.57. The maximum absolute atomic E-state index is 10.1. The Bertz CT molecular complexity index is 235. The molecule has 0 heterocycles. The third-order valence-corrected chi connectivity index (χ3v) is 1.56. The smallest absolute Gasteiger partial charge is 0.211 e. The van der Waals surface area contributed by atoms with Crippen LogP contribution >= 0.6 is 0 Å². The van der Waals surface area contributed by atoms with Gasteiger partial charge in [-0.3, -0.25) is 4.79 Å². The summed E-state index contributed by atoms with van der Waals surface area (Å²) in [7, 11) is 0. The number of carbonyl (C=O) groups excluding carboxylic acids is 1. The third-order valence-electron chi connectivity index (χ3n) is 1.56. The number of hydrogen-bond donors (Lipinski definition) is 1. The van der Waals surface area contributed by atoms with E-state index in [0.717, 1.165) is 12.1 Å². The molecule has 1 rings (SSSR count). The molecule has 0 radical (unpaired) electrons. The average molecular weight is 161 g/mol. The predicted octanol–water partition coefficient (Wildman–Crippen LogP) is 1.98. The lowest BCUT2D eigenvalue weighted by Crippen LogP contribution is -1.93. The second kappa shape index (κ2) is 4.34. The fourth-order valence-corrected chi connectivity index (χ4v) is 0.972. The molecule has 0 atom stereocenters. The normalized spacial score (nSPS) is 9.00. The summed E-state index contributed by atoms with van der Waals surface area (Å²) in [5.41, 5.74) is 2.01. The van der Waals surface area contributed by atoms with Crippen LogP contribution in [0.3, 0.4) is 0 Å². The molecule has 0 aliphatic rings. The Morgan fingerprint density at radius 1 is 1.33 bits per heavy atom. The molecule has 12 heavy (non-hydrogen) atoms. The molecule has 0 unspecified atom stereocenters. The van der Waals surface area contributed by atoms with Gasteiger partial charge in [-0.15, -0.1) is 6.58 Å². The molecule has 0 spiro atoms. The molecule has 0 aliphatic heterocycles. The molecule has 0 aromatic heterocycles. The molecular weight excluding hydrogens is 150 g/mol. The van der Waals surface area contributed by atoms with Gasteiger partial charge < -0.3 is 5.32 Å². The number of benzene rings is 1. The summed E-state index contributed by atoms with van der Waals surface area (Å²) in [6.45, 7) is 3.64. The number of amides is 1. The van der Waals surface area contributed by atoms with Crippen molar-refractivity contribution in [1.29, 1.82) is 0 Å². The molecule has 0 fully saturated rings. The Kier molecular flexibility index (Phi) is 3.08. The maximum atomic E-state index is 10.1. The number of allylic oxidation sites excluding steroid dienone is 1. The molecular formula is C10H11NO. The first-order chi connectivity index (χ1) is 5.86. The highest BCUT2D eigenvalue weighted by Gasteiger charge is 1.90. The van der Waals surface area contributed by atoms with Gasteiger partial charge in [0.05, 0.1) is 0 Å². The molecule has 2 heteroatoms. The lowest BCUT2D eigenvalue weighted by atomic mass is 10.1. The molecule has 62 valence electrons. The molecule has 0 aliphatic carbocycles. The van der Waals surface area contributed by atoms with E-state index < -0.39 is 0 Å². The lowest BCUT2D eigenvalue weighted by Gasteiger charge is -1.99. The van der Waals surface area contributed by atoms with Crippen LogP contribution in [0.4, 0.5) is 5.69 Å². The van der Waals surface area contributed by atoms with Gasteiger partial charge in [0, 0.05) is 5.69 Å². The minimum atomic E-state index is 0.669. The summed E-state index contributed by atoms with van der Waals surface area (Å²) in [6, 6.07) is 7.67. The minimum Gasteiger partial charge on any atom is -0.329 e. The highest BCUT2D eigenvalue weighted by Crippen LogP contribution is 2.08. The number of nitrogens with one attached hydrogen (secondary N) is 1. The molecule has 0 saturated heterocycles. The summed E-state index contributed by atoms with van der Waals surface area (Å²) in [6.07, 6.45) is 3.38. The summed E-state index contributed by atoms with van der Waals surface area (Å²) >= 11 is 0. The van der Waals surface area contributed by atoms with Gasteiger partial charge in [-0.25, -0.2) is 0 Å². The zero-order valence-corrected chi connectivity index (χ0v) is 6.79. The van der Waals surface area contributed by atoms with E-state index in [1.165, 1.54) is 5.56 Å². The van der Waals surface area contributed by atoms with E-state index in [1.54, 1.807) is 0 Å². The zero-order chi connectivity index (χ0) is 8.81. The van der Waals surface area contributed by atoms with Gasteiger partial charge in [-0.2, -0.15) is 0 Å². The topological polar surface area (TPSA) is 29.1 Å². The van der Waals surface area contributed by atoms with Crippen LogP contribution < -0.4 is 5.32 Å². The van der Waals surface area contributed by atoms with E-state index >= 15 is 0 Å². The van der Waals surface area contributed by atoms with E-state index in [9.17, 15) is 4.79 Å². The van der Waals surface area contributed by atoms with E-state index in [1.807, 2.05) is 30.3 Å². The Labute approximate surface area is 71.9 Å². The molecule has 0 bridgehead atoms. The predicted molar refractivity (Wildman–Crippen MR) is 50.0 cm³/mol. The van der Waals surface area contributed by atoms with Crippen molar-refractivity contribution in [3.8, 4) is 0 Å². The van der Waals surface area contributed by atoms with Crippen molar-refractivity contribution in [2.45, 2.75) is 6.42 Å². The maximum Gasteiger partial charge on any atom is 0.211 e. The third kappa shape index (κ3) is 2.23. The van der Waals surface area contributed by atoms with Crippen molar-refractivity contribution in [3.63, 3.8) is 0 Å². The summed E-state index contributed by atoms with van der Waals surface area (Å²) < 4.78 is 0. The Balaban J connectivity index is 2.70. The minimum absolute atomic E-state index is 0.669. The fourth-order valence-electron chi connectivity index (χ4n) is 0.972. The summed E-state index contributed by atoms with van der Waals surface area (Å²) in [4.78, 5) is 10.1. The van der Waals surface area contributed by atoms with Crippen molar-refractivity contribution in [3.05, 3.63) is 42.5 Å². The van der Waals surface area contributed by atoms with Gasteiger partial charge in [0.1, 0.15) is 0 Å². The molecule has 1 amide bonds. The molecule has 2 nitrogen and oxygen atoms in total. The van der Waals surface area contributed by atoms with Crippen LogP contribution in [0.15, 0.2) is 36.9 Å².